The van der Waals surface area contributed by atoms with Gasteiger partial charge in [0.1, 0.15) is 0 Å². The second kappa shape index (κ2) is 9.06. The van der Waals surface area contributed by atoms with Crippen molar-refractivity contribution in [3.05, 3.63) is 48.0 Å². The Morgan fingerprint density at radius 2 is 1.41 bits per heavy atom. The van der Waals surface area contributed by atoms with Gasteiger partial charge in [-0.05, 0) is 42.5 Å². The molecule has 0 unspecified atom stereocenters. The lowest BCUT2D eigenvalue weighted by Crippen LogP contribution is -2.18. The lowest BCUT2D eigenvalue weighted by atomic mass is 10.1. The molecule has 29 heavy (non-hydrogen) atoms. The first-order chi connectivity index (χ1) is 13.6. The molecule has 0 atom stereocenters. The van der Waals surface area contributed by atoms with E-state index in [0.717, 1.165) is 6.26 Å². The molecule has 0 saturated heterocycles. The molecule has 0 saturated carbocycles. The molecule has 0 heterocycles. The Morgan fingerprint density at radius 1 is 0.862 bits per heavy atom. The van der Waals surface area contributed by atoms with Gasteiger partial charge in [-0.25, -0.2) is 13.2 Å². The smallest absolute Gasteiger partial charge is 0.411 e. The van der Waals surface area contributed by atoms with E-state index in [0.29, 0.717) is 17.1 Å². The Kier molecular flexibility index (Phi) is 6.78. The molecule has 0 aromatic heterocycles. The van der Waals surface area contributed by atoms with E-state index in [4.69, 9.17) is 0 Å². The maximum Gasteiger partial charge on any atom is 0.411 e. The fourth-order valence-corrected chi connectivity index (χ4v) is 2.88. The Morgan fingerprint density at radius 3 is 1.93 bits per heavy atom. The van der Waals surface area contributed by atoms with Crippen LogP contribution in [0.15, 0.2) is 42.5 Å². The summed E-state index contributed by atoms with van der Waals surface area (Å²) >= 11 is 0. The third-order valence-electron chi connectivity index (χ3n) is 3.45. The topological polar surface area (TPSA) is 143 Å². The Balaban J connectivity index is 2.27. The van der Waals surface area contributed by atoms with Crippen molar-refractivity contribution in [3.8, 4) is 0 Å². The number of benzene rings is 2. The quantitative estimate of drug-likeness (QED) is 0.565. The van der Waals surface area contributed by atoms with Gasteiger partial charge in [-0.1, -0.05) is 0 Å². The molecule has 2 aromatic carbocycles. The number of methoxy groups -OCH3 is 1. The second-order valence-electron chi connectivity index (χ2n) is 5.96. The summed E-state index contributed by atoms with van der Waals surface area (Å²) in [5.41, 5.74) is 1.27. The minimum atomic E-state index is -3.63. The van der Waals surface area contributed by atoms with Crippen LogP contribution < -0.4 is 20.7 Å². The van der Waals surface area contributed by atoms with Crippen LogP contribution in [0.3, 0.4) is 0 Å². The zero-order valence-corrected chi connectivity index (χ0v) is 16.7. The monoisotopic (exact) mass is 420 g/mol. The van der Waals surface area contributed by atoms with Crippen LogP contribution in [-0.2, 0) is 19.6 Å². The first kappa shape index (κ1) is 21.7. The number of sulfonamides is 1. The molecule has 2 aromatic rings. The van der Waals surface area contributed by atoms with Crippen molar-refractivity contribution in [2.24, 2.45) is 0 Å². The molecule has 0 aliphatic carbocycles. The maximum atomic E-state index is 12.7. The minimum Gasteiger partial charge on any atom is -0.453 e. The van der Waals surface area contributed by atoms with E-state index in [2.05, 4.69) is 25.4 Å². The lowest BCUT2D eigenvalue weighted by molar-refractivity contribution is -0.114. The van der Waals surface area contributed by atoms with Crippen molar-refractivity contribution in [3.63, 3.8) is 0 Å². The van der Waals surface area contributed by atoms with Gasteiger partial charge in [0.15, 0.2) is 0 Å². The lowest BCUT2D eigenvalue weighted by Gasteiger charge is -2.13. The first-order valence-electron chi connectivity index (χ1n) is 8.23. The van der Waals surface area contributed by atoms with Crippen molar-refractivity contribution < 1.29 is 27.5 Å². The van der Waals surface area contributed by atoms with Crippen LogP contribution in [0.5, 0.6) is 0 Å². The van der Waals surface area contributed by atoms with Crippen LogP contribution in [0, 0.1) is 0 Å². The third-order valence-corrected chi connectivity index (χ3v) is 4.05. The number of anilines is 4. The van der Waals surface area contributed by atoms with Crippen LogP contribution in [0.4, 0.5) is 27.5 Å². The fourth-order valence-electron chi connectivity index (χ4n) is 2.31. The predicted molar refractivity (Wildman–Crippen MR) is 110 cm³/mol. The molecule has 0 radical (unpaired) electrons. The van der Waals surface area contributed by atoms with E-state index in [1.54, 1.807) is 24.3 Å². The summed E-state index contributed by atoms with van der Waals surface area (Å²) in [5, 5.41) is 7.64. The number of rotatable bonds is 6. The molecule has 11 heteroatoms. The molecule has 0 spiro atoms. The summed E-state index contributed by atoms with van der Waals surface area (Å²) in [6, 6.07) is 10.4. The van der Waals surface area contributed by atoms with Gasteiger partial charge in [0, 0.05) is 24.0 Å². The van der Waals surface area contributed by atoms with Crippen molar-refractivity contribution in [1.29, 1.82) is 0 Å². The highest BCUT2D eigenvalue weighted by molar-refractivity contribution is 7.92. The largest absolute Gasteiger partial charge is 0.453 e. The number of hydrogen-bond acceptors (Lipinski definition) is 6. The molecule has 10 nitrogen and oxygen atoms in total. The summed E-state index contributed by atoms with van der Waals surface area (Å²) in [4.78, 5) is 35.2. The number of carbonyl (C=O) groups excluding carboxylic acids is 3. The number of hydrogen-bond donors (Lipinski definition) is 4. The van der Waals surface area contributed by atoms with Crippen molar-refractivity contribution in [1.82, 2.24) is 0 Å². The second-order valence-corrected chi connectivity index (χ2v) is 7.71. The molecular weight excluding hydrogens is 400 g/mol. The standard InChI is InChI=1S/C18H20N4O6S/c1-11(23)19-14-8-9-16(22-29(3,26)27)15(10-14)17(24)20-12-4-6-13(7-5-12)21-18(25)28-2/h4-10,22H,1-3H3,(H,19,23)(H,20,24)(H,21,25). The molecule has 0 fully saturated rings. The van der Waals surface area contributed by atoms with Gasteiger partial charge in [0.05, 0.1) is 24.6 Å². The molecular formula is C18H20N4O6S. The summed E-state index contributed by atoms with van der Waals surface area (Å²) in [6.07, 6.45) is 0.330. The van der Waals surface area contributed by atoms with Gasteiger partial charge >= 0.3 is 6.09 Å². The molecule has 0 bridgehead atoms. The molecule has 0 aliphatic rings. The van der Waals surface area contributed by atoms with Gasteiger partial charge in [-0.15, -0.1) is 0 Å². The predicted octanol–water partition coefficient (Wildman–Crippen LogP) is 2.45. The first-order valence-corrected chi connectivity index (χ1v) is 10.1. The number of carbonyl (C=O) groups is 3. The highest BCUT2D eigenvalue weighted by Crippen LogP contribution is 2.23. The molecule has 0 aliphatic heterocycles. The number of nitrogens with one attached hydrogen (secondary N) is 4. The van der Waals surface area contributed by atoms with E-state index in [9.17, 15) is 22.8 Å². The minimum absolute atomic E-state index is 0.0124. The Hall–Kier alpha value is -3.60. The van der Waals surface area contributed by atoms with Gasteiger partial charge < -0.3 is 15.4 Å². The normalized spacial score (nSPS) is 10.6. The summed E-state index contributed by atoms with van der Waals surface area (Å²) in [6.45, 7) is 1.31. The highest BCUT2D eigenvalue weighted by Gasteiger charge is 2.16. The summed E-state index contributed by atoms with van der Waals surface area (Å²) < 4.78 is 29.9. The highest BCUT2D eigenvalue weighted by atomic mass is 32.2. The van der Waals surface area contributed by atoms with Gasteiger partial charge in [0.25, 0.3) is 5.91 Å². The van der Waals surface area contributed by atoms with Gasteiger partial charge in [0.2, 0.25) is 15.9 Å². The fraction of sp³-hybridized carbons (Fsp3) is 0.167. The van der Waals surface area contributed by atoms with E-state index >= 15 is 0 Å². The van der Waals surface area contributed by atoms with E-state index in [1.165, 1.54) is 32.2 Å². The van der Waals surface area contributed by atoms with Crippen LogP contribution in [0.2, 0.25) is 0 Å². The van der Waals surface area contributed by atoms with E-state index < -0.39 is 22.0 Å². The Labute approximate surface area is 167 Å². The van der Waals surface area contributed by atoms with Crippen molar-refractivity contribution in [2.45, 2.75) is 6.92 Å². The van der Waals surface area contributed by atoms with Crippen molar-refractivity contribution in [2.75, 3.05) is 34.0 Å². The average molecular weight is 420 g/mol. The average Bonchev–Trinajstić information content (AvgIpc) is 2.62. The molecule has 4 N–H and O–H groups in total. The van der Waals surface area contributed by atoms with Crippen LogP contribution in [0.1, 0.15) is 17.3 Å². The molecule has 2 rings (SSSR count). The summed E-state index contributed by atoms with van der Waals surface area (Å²) in [7, 11) is -2.39. The van der Waals surface area contributed by atoms with Crippen LogP contribution in [-0.4, -0.2) is 39.7 Å². The molecule has 3 amide bonds. The number of ether oxygens (including phenoxy) is 1. The van der Waals surface area contributed by atoms with Crippen LogP contribution in [0.25, 0.3) is 0 Å². The zero-order chi connectivity index (χ0) is 21.6. The summed E-state index contributed by atoms with van der Waals surface area (Å²) in [5.74, 6) is -0.939. The zero-order valence-electron chi connectivity index (χ0n) is 15.9. The van der Waals surface area contributed by atoms with Crippen molar-refractivity contribution >= 4 is 50.7 Å². The third kappa shape index (κ3) is 6.81. The van der Waals surface area contributed by atoms with E-state index in [1.807, 2.05) is 0 Å². The SMILES string of the molecule is COC(=O)Nc1ccc(NC(=O)c2cc(NC(C)=O)ccc2NS(C)(=O)=O)cc1. The Bertz CT molecular complexity index is 1030. The van der Waals surface area contributed by atoms with Crippen LogP contribution >= 0.6 is 0 Å². The van der Waals surface area contributed by atoms with Gasteiger partial charge in [-0.2, -0.15) is 0 Å². The maximum absolute atomic E-state index is 12.7. The van der Waals surface area contributed by atoms with E-state index in [-0.39, 0.29) is 17.2 Å². The molecule has 154 valence electrons. The van der Waals surface area contributed by atoms with Gasteiger partial charge in [-0.3, -0.25) is 19.6 Å². The number of amides is 3.